The largest absolute Gasteiger partial charge is 0.459 e. The molecule has 210 valence electrons. The minimum absolute atomic E-state index is 0.177. The highest BCUT2D eigenvalue weighted by Gasteiger charge is 2.25. The molecule has 0 atom stereocenters. The average molecular weight is 559 g/mol. The molecule has 1 aliphatic heterocycles. The second-order valence-corrected chi connectivity index (χ2v) is 9.61. The molecular formula is C31H28F2N4O4. The Hall–Kier alpha value is -4.99. The van der Waals surface area contributed by atoms with Crippen molar-refractivity contribution >= 4 is 29.1 Å². The molecule has 41 heavy (non-hydrogen) atoms. The van der Waals surface area contributed by atoms with E-state index in [0.29, 0.717) is 49.5 Å². The van der Waals surface area contributed by atoms with E-state index in [1.54, 1.807) is 47.4 Å². The van der Waals surface area contributed by atoms with Gasteiger partial charge in [-0.15, -0.1) is 0 Å². The molecule has 2 N–H and O–H groups in total. The van der Waals surface area contributed by atoms with Crippen molar-refractivity contribution in [2.45, 2.75) is 13.0 Å². The van der Waals surface area contributed by atoms with Gasteiger partial charge in [-0.3, -0.25) is 14.4 Å². The maximum Gasteiger partial charge on any atom is 0.289 e. The van der Waals surface area contributed by atoms with E-state index in [1.165, 1.54) is 42.7 Å². The number of amides is 3. The lowest BCUT2D eigenvalue weighted by Crippen LogP contribution is -2.35. The average Bonchev–Trinajstić information content (AvgIpc) is 3.41. The smallest absolute Gasteiger partial charge is 0.289 e. The van der Waals surface area contributed by atoms with Crippen molar-refractivity contribution in [2.75, 3.05) is 36.4 Å². The Bertz CT molecular complexity index is 1520. The van der Waals surface area contributed by atoms with Gasteiger partial charge in [-0.05, 0) is 78.7 Å². The van der Waals surface area contributed by atoms with Crippen molar-refractivity contribution in [1.82, 2.24) is 10.2 Å². The number of carbonyl (C=O) groups excluding carboxylic acids is 3. The summed E-state index contributed by atoms with van der Waals surface area (Å²) in [4.78, 5) is 42.8. The fraction of sp³-hybridized carbons (Fsp3) is 0.194. The molecule has 3 aromatic carbocycles. The van der Waals surface area contributed by atoms with Crippen molar-refractivity contribution in [3.63, 3.8) is 0 Å². The molecule has 0 aliphatic carbocycles. The highest BCUT2D eigenvalue weighted by molar-refractivity contribution is 6.06. The van der Waals surface area contributed by atoms with Gasteiger partial charge in [0, 0.05) is 49.7 Å². The molecule has 0 saturated carbocycles. The monoisotopic (exact) mass is 558 g/mol. The number of carbonyl (C=O) groups is 3. The van der Waals surface area contributed by atoms with Gasteiger partial charge in [0.15, 0.2) is 5.76 Å². The Balaban J connectivity index is 1.37. The van der Waals surface area contributed by atoms with Crippen LogP contribution in [0.1, 0.15) is 43.3 Å². The summed E-state index contributed by atoms with van der Waals surface area (Å²) < 4.78 is 31.9. The lowest BCUT2D eigenvalue weighted by atomic mass is 10.1. The molecule has 0 radical (unpaired) electrons. The summed E-state index contributed by atoms with van der Waals surface area (Å²) in [7, 11) is 0. The second-order valence-electron chi connectivity index (χ2n) is 9.61. The number of anilines is 2. The van der Waals surface area contributed by atoms with E-state index in [2.05, 4.69) is 10.6 Å². The summed E-state index contributed by atoms with van der Waals surface area (Å²) in [5, 5.41) is 5.64. The van der Waals surface area contributed by atoms with Crippen molar-refractivity contribution in [3.8, 4) is 0 Å². The van der Waals surface area contributed by atoms with Crippen LogP contribution in [0.15, 0.2) is 89.5 Å². The first kappa shape index (κ1) is 27.6. The Labute approximate surface area is 235 Å². The fourth-order valence-corrected chi connectivity index (χ4v) is 4.67. The molecule has 3 amide bonds. The summed E-state index contributed by atoms with van der Waals surface area (Å²) >= 11 is 0. The summed E-state index contributed by atoms with van der Waals surface area (Å²) in [5.41, 5.74) is 2.36. The molecular weight excluding hydrogens is 530 g/mol. The topological polar surface area (TPSA) is 94.9 Å². The van der Waals surface area contributed by atoms with E-state index < -0.39 is 11.7 Å². The zero-order valence-corrected chi connectivity index (χ0v) is 22.1. The van der Waals surface area contributed by atoms with Gasteiger partial charge in [0.2, 0.25) is 0 Å². The SMILES string of the molecule is O=C(Nc1ccc(N2CCCN(C(=O)c3ccco3)CC2)c(C(=O)NCc2ccc(F)cc2)c1)c1ccc(F)cc1. The van der Waals surface area contributed by atoms with Crippen LogP contribution in [0.2, 0.25) is 0 Å². The van der Waals surface area contributed by atoms with Crippen LogP contribution in [0.25, 0.3) is 0 Å². The standard InChI is InChI=1S/C31H28F2N4O4/c32-23-8-4-21(5-9-23)20-34-30(39)26-19-25(35-29(38)22-6-10-24(33)11-7-22)12-13-27(26)36-14-2-15-37(17-16-36)31(40)28-3-1-18-41-28/h1,3-13,18-19H,2,14-17,20H2,(H,34,39)(H,35,38). The summed E-state index contributed by atoms with van der Waals surface area (Å²) in [6, 6.07) is 19.3. The number of nitrogens with one attached hydrogen (secondary N) is 2. The zero-order chi connectivity index (χ0) is 28.8. The summed E-state index contributed by atoms with van der Waals surface area (Å²) in [6.07, 6.45) is 2.14. The first-order valence-corrected chi connectivity index (χ1v) is 13.2. The van der Waals surface area contributed by atoms with Gasteiger partial charge in [0.25, 0.3) is 17.7 Å². The van der Waals surface area contributed by atoms with Gasteiger partial charge in [-0.1, -0.05) is 12.1 Å². The molecule has 5 rings (SSSR count). The predicted molar refractivity (Wildman–Crippen MR) is 150 cm³/mol. The lowest BCUT2D eigenvalue weighted by Gasteiger charge is -2.26. The zero-order valence-electron chi connectivity index (χ0n) is 22.1. The normalized spacial score (nSPS) is 13.4. The quantitative estimate of drug-likeness (QED) is 0.330. The van der Waals surface area contributed by atoms with Gasteiger partial charge < -0.3 is 24.9 Å². The number of benzene rings is 3. The molecule has 10 heteroatoms. The van der Waals surface area contributed by atoms with Gasteiger partial charge in [-0.25, -0.2) is 8.78 Å². The molecule has 8 nitrogen and oxygen atoms in total. The molecule has 0 unspecified atom stereocenters. The number of furan rings is 1. The van der Waals surface area contributed by atoms with E-state index >= 15 is 0 Å². The highest BCUT2D eigenvalue weighted by Crippen LogP contribution is 2.27. The number of rotatable bonds is 7. The molecule has 1 aliphatic rings. The maximum absolute atomic E-state index is 13.5. The molecule has 1 saturated heterocycles. The number of hydrogen-bond acceptors (Lipinski definition) is 5. The minimum atomic E-state index is -0.451. The number of halogens is 2. The van der Waals surface area contributed by atoms with Gasteiger partial charge in [0.05, 0.1) is 11.8 Å². The predicted octanol–water partition coefficient (Wildman–Crippen LogP) is 5.09. The van der Waals surface area contributed by atoms with Crippen LogP contribution in [0, 0.1) is 11.6 Å². The number of nitrogens with zero attached hydrogens (tertiary/aromatic N) is 2. The van der Waals surface area contributed by atoms with Crippen molar-refractivity contribution in [3.05, 3.63) is 119 Å². The molecule has 4 aromatic rings. The first-order valence-electron chi connectivity index (χ1n) is 13.2. The Morgan fingerprint density at radius 1 is 0.805 bits per heavy atom. The summed E-state index contributed by atoms with van der Waals surface area (Å²) in [5.74, 6) is -1.55. The number of hydrogen-bond donors (Lipinski definition) is 2. The highest BCUT2D eigenvalue weighted by atomic mass is 19.1. The fourth-order valence-electron chi connectivity index (χ4n) is 4.67. The van der Waals surface area contributed by atoms with E-state index in [0.717, 1.165) is 5.56 Å². The van der Waals surface area contributed by atoms with Gasteiger partial charge in [-0.2, -0.15) is 0 Å². The Morgan fingerprint density at radius 2 is 1.54 bits per heavy atom. The van der Waals surface area contributed by atoms with E-state index in [4.69, 9.17) is 4.42 Å². The molecule has 1 fully saturated rings. The Kier molecular flexibility index (Phi) is 8.38. The van der Waals surface area contributed by atoms with Crippen LogP contribution in [-0.4, -0.2) is 48.8 Å². The third kappa shape index (κ3) is 6.78. The first-order chi connectivity index (χ1) is 19.9. The van der Waals surface area contributed by atoms with Crippen LogP contribution in [-0.2, 0) is 6.54 Å². The van der Waals surface area contributed by atoms with E-state index in [1.807, 2.05) is 4.90 Å². The summed E-state index contributed by atoms with van der Waals surface area (Å²) in [6.45, 7) is 2.22. The molecule has 0 spiro atoms. The van der Waals surface area contributed by atoms with E-state index in [-0.39, 0.29) is 35.5 Å². The van der Waals surface area contributed by atoms with Crippen LogP contribution in [0.4, 0.5) is 20.2 Å². The third-order valence-corrected chi connectivity index (χ3v) is 6.83. The maximum atomic E-state index is 13.5. The van der Waals surface area contributed by atoms with E-state index in [9.17, 15) is 23.2 Å². The third-order valence-electron chi connectivity index (χ3n) is 6.83. The molecule has 1 aromatic heterocycles. The van der Waals surface area contributed by atoms with Crippen LogP contribution >= 0.6 is 0 Å². The van der Waals surface area contributed by atoms with Crippen LogP contribution < -0.4 is 15.5 Å². The van der Waals surface area contributed by atoms with Crippen molar-refractivity contribution in [1.29, 1.82) is 0 Å². The molecule has 0 bridgehead atoms. The molecule has 2 heterocycles. The van der Waals surface area contributed by atoms with Crippen LogP contribution in [0.5, 0.6) is 0 Å². The minimum Gasteiger partial charge on any atom is -0.459 e. The van der Waals surface area contributed by atoms with Gasteiger partial charge in [0.1, 0.15) is 11.6 Å². The Morgan fingerprint density at radius 3 is 2.24 bits per heavy atom. The second kappa shape index (κ2) is 12.5. The van der Waals surface area contributed by atoms with Crippen LogP contribution in [0.3, 0.4) is 0 Å². The van der Waals surface area contributed by atoms with Crippen molar-refractivity contribution < 1.29 is 27.6 Å². The lowest BCUT2D eigenvalue weighted by molar-refractivity contribution is 0.0734. The van der Waals surface area contributed by atoms with Crippen molar-refractivity contribution in [2.24, 2.45) is 0 Å². The van der Waals surface area contributed by atoms with Gasteiger partial charge >= 0.3 is 0 Å².